The second-order valence-corrected chi connectivity index (χ2v) is 6.90. The summed E-state index contributed by atoms with van der Waals surface area (Å²) in [7, 11) is 0. The largest absolute Gasteiger partial charge is 0.461 e. The number of hydrogen-bond acceptors (Lipinski definition) is 7. The monoisotopic (exact) mass is 380 g/mol. The minimum Gasteiger partial charge on any atom is -0.461 e. The summed E-state index contributed by atoms with van der Waals surface area (Å²) in [5, 5.41) is 10.0. The van der Waals surface area contributed by atoms with Gasteiger partial charge in [0, 0.05) is 13.0 Å². The van der Waals surface area contributed by atoms with Crippen molar-refractivity contribution in [2.45, 2.75) is 37.2 Å². The van der Waals surface area contributed by atoms with Crippen molar-refractivity contribution < 1.29 is 18.8 Å². The number of aromatic nitrogens is 3. The van der Waals surface area contributed by atoms with Crippen LogP contribution >= 0.6 is 11.8 Å². The van der Waals surface area contributed by atoms with Crippen LogP contribution in [0.4, 0.5) is 4.79 Å². The van der Waals surface area contributed by atoms with E-state index in [1.165, 1.54) is 6.26 Å². The normalized spacial score (nSPS) is 12.1. The average molecular weight is 380 g/mol. The fourth-order valence-electron chi connectivity index (χ4n) is 2.19. The van der Waals surface area contributed by atoms with Gasteiger partial charge in [-0.3, -0.25) is 19.5 Å². The third kappa shape index (κ3) is 4.85. The van der Waals surface area contributed by atoms with Crippen molar-refractivity contribution in [1.82, 2.24) is 20.1 Å². The van der Waals surface area contributed by atoms with Gasteiger partial charge >= 0.3 is 6.03 Å². The number of carbonyl (C=O) groups excluding carboxylic acids is 3. The van der Waals surface area contributed by atoms with Crippen LogP contribution in [0.2, 0.25) is 0 Å². The molecule has 0 fully saturated rings. The number of nitrogens with zero attached hydrogens (tertiary/aromatic N) is 3. The number of thioether (sulfide) groups is 1. The fraction of sp³-hybridized carbons (Fsp3) is 0.400. The molecule has 0 saturated heterocycles. The second kappa shape index (κ2) is 8.52. The molecule has 2 rings (SSSR count). The molecule has 0 aliphatic rings. The van der Waals surface area contributed by atoms with E-state index in [-0.39, 0.29) is 18.9 Å². The summed E-state index contributed by atoms with van der Waals surface area (Å²) in [4.78, 5) is 34.4. The number of nitrogens with one attached hydrogen (secondary N) is 1. The van der Waals surface area contributed by atoms with Gasteiger partial charge in [0.05, 0.1) is 11.5 Å². The third-order valence-electron chi connectivity index (χ3n) is 3.38. The summed E-state index contributed by atoms with van der Waals surface area (Å²) in [5.74, 6) is -0.241. The Morgan fingerprint density at radius 1 is 1.31 bits per heavy atom. The zero-order valence-corrected chi connectivity index (χ0v) is 15.2. The summed E-state index contributed by atoms with van der Waals surface area (Å²) < 4.78 is 7.00. The van der Waals surface area contributed by atoms with E-state index in [4.69, 9.17) is 15.9 Å². The molecule has 2 aromatic heterocycles. The maximum atomic E-state index is 12.2. The molecular weight excluding hydrogens is 360 g/mol. The van der Waals surface area contributed by atoms with E-state index in [9.17, 15) is 14.4 Å². The van der Waals surface area contributed by atoms with Gasteiger partial charge in [0.1, 0.15) is 0 Å². The lowest BCUT2D eigenvalue weighted by molar-refractivity contribution is -0.120. The van der Waals surface area contributed by atoms with Crippen LogP contribution in [0.15, 0.2) is 28.0 Å². The second-order valence-electron chi connectivity index (χ2n) is 5.79. The maximum Gasteiger partial charge on any atom is 0.318 e. The molecule has 11 heteroatoms. The molecule has 0 bridgehead atoms. The molecule has 0 aromatic carbocycles. The van der Waals surface area contributed by atoms with Gasteiger partial charge in [-0.1, -0.05) is 25.6 Å². The van der Waals surface area contributed by atoms with Crippen molar-refractivity contribution in [2.24, 2.45) is 17.4 Å². The first-order valence-corrected chi connectivity index (χ1v) is 8.70. The molecule has 0 aliphatic carbocycles. The molecule has 0 saturated carbocycles. The molecule has 4 amide bonds. The fourth-order valence-corrected chi connectivity index (χ4v) is 3.24. The van der Waals surface area contributed by atoms with Crippen LogP contribution in [-0.2, 0) is 16.1 Å². The van der Waals surface area contributed by atoms with E-state index < -0.39 is 23.1 Å². The van der Waals surface area contributed by atoms with Crippen molar-refractivity contribution in [3.05, 3.63) is 18.4 Å². The summed E-state index contributed by atoms with van der Waals surface area (Å²) in [5.41, 5.74) is 10.3. The Morgan fingerprint density at radius 2 is 2.04 bits per heavy atom. The van der Waals surface area contributed by atoms with Gasteiger partial charge in [-0.15, -0.1) is 10.2 Å². The number of furan rings is 1. The Hall–Kier alpha value is -2.82. The Morgan fingerprint density at radius 3 is 2.58 bits per heavy atom. The van der Waals surface area contributed by atoms with E-state index in [0.29, 0.717) is 16.7 Å². The van der Waals surface area contributed by atoms with Gasteiger partial charge in [-0.2, -0.15) is 0 Å². The maximum absolute atomic E-state index is 12.2. The first-order valence-electron chi connectivity index (χ1n) is 7.82. The summed E-state index contributed by atoms with van der Waals surface area (Å²) in [6, 6.07) is 2.48. The highest BCUT2D eigenvalue weighted by molar-refractivity contribution is 8.00. The minimum absolute atomic E-state index is 0.0686. The zero-order chi connectivity index (χ0) is 19.3. The SMILES string of the molecule is CC(C)C(Sc1nnc(-c2ccco2)n1CCC(N)=O)C(=O)NC(N)=O. The molecule has 0 radical (unpaired) electrons. The highest BCUT2D eigenvalue weighted by atomic mass is 32.2. The Labute approximate surface area is 153 Å². The summed E-state index contributed by atoms with van der Waals surface area (Å²) in [6.07, 6.45) is 1.56. The highest BCUT2D eigenvalue weighted by Crippen LogP contribution is 2.30. The van der Waals surface area contributed by atoms with Crippen molar-refractivity contribution in [3.8, 4) is 11.6 Å². The zero-order valence-electron chi connectivity index (χ0n) is 14.3. The quantitative estimate of drug-likeness (QED) is 0.569. The van der Waals surface area contributed by atoms with Gasteiger partial charge in [0.2, 0.25) is 11.8 Å². The van der Waals surface area contributed by atoms with E-state index in [0.717, 1.165) is 11.8 Å². The van der Waals surface area contributed by atoms with Gasteiger partial charge < -0.3 is 15.9 Å². The predicted octanol–water partition coefficient (Wildman–Crippen LogP) is 0.725. The molecule has 0 aliphatic heterocycles. The van der Waals surface area contributed by atoms with Crippen LogP contribution in [0.25, 0.3) is 11.6 Å². The molecule has 10 nitrogen and oxygen atoms in total. The van der Waals surface area contributed by atoms with Gasteiger partial charge in [0.25, 0.3) is 0 Å². The molecule has 26 heavy (non-hydrogen) atoms. The smallest absolute Gasteiger partial charge is 0.318 e. The Bertz CT molecular complexity index is 786. The third-order valence-corrected chi connectivity index (χ3v) is 4.91. The average Bonchev–Trinajstić information content (AvgIpc) is 3.18. The van der Waals surface area contributed by atoms with Crippen molar-refractivity contribution >= 4 is 29.6 Å². The number of carbonyl (C=O) groups is 3. The van der Waals surface area contributed by atoms with Crippen LogP contribution in [0.1, 0.15) is 20.3 Å². The summed E-state index contributed by atoms with van der Waals surface area (Å²) >= 11 is 1.12. The Kier molecular flexibility index (Phi) is 6.39. The predicted molar refractivity (Wildman–Crippen MR) is 93.7 cm³/mol. The van der Waals surface area contributed by atoms with Gasteiger partial charge in [-0.25, -0.2) is 4.79 Å². The molecule has 5 N–H and O–H groups in total. The number of rotatable bonds is 8. The van der Waals surface area contributed by atoms with Crippen molar-refractivity contribution in [3.63, 3.8) is 0 Å². The molecule has 140 valence electrons. The van der Waals surface area contributed by atoms with Crippen LogP contribution in [-0.4, -0.2) is 37.9 Å². The molecule has 1 atom stereocenters. The first-order chi connectivity index (χ1) is 12.3. The van der Waals surface area contributed by atoms with Gasteiger partial charge in [-0.05, 0) is 18.1 Å². The number of nitrogens with two attached hydrogens (primary N) is 2. The highest BCUT2D eigenvalue weighted by Gasteiger charge is 2.28. The van der Waals surface area contributed by atoms with Crippen LogP contribution in [0.3, 0.4) is 0 Å². The lowest BCUT2D eigenvalue weighted by atomic mass is 10.1. The van der Waals surface area contributed by atoms with Gasteiger partial charge in [0.15, 0.2) is 16.7 Å². The van der Waals surface area contributed by atoms with Crippen molar-refractivity contribution in [2.75, 3.05) is 0 Å². The molecular formula is C15H20N6O4S. The van der Waals surface area contributed by atoms with Crippen LogP contribution in [0.5, 0.6) is 0 Å². The number of hydrogen-bond donors (Lipinski definition) is 3. The van der Waals surface area contributed by atoms with Crippen molar-refractivity contribution in [1.29, 1.82) is 0 Å². The Balaban J connectivity index is 2.33. The summed E-state index contributed by atoms with van der Waals surface area (Å²) in [6.45, 7) is 3.88. The molecule has 2 aromatic rings. The standard InChI is InChI=1S/C15H20N6O4S/c1-8(2)11(13(23)18-14(17)24)26-15-20-19-12(9-4-3-7-25-9)21(15)6-5-10(16)22/h3-4,7-8,11H,5-6H2,1-2H3,(H2,16,22)(H3,17,18,23,24). The topological polar surface area (TPSA) is 159 Å². The number of urea groups is 1. The van der Waals surface area contributed by atoms with E-state index >= 15 is 0 Å². The van der Waals surface area contributed by atoms with E-state index in [1.54, 1.807) is 16.7 Å². The molecule has 1 unspecified atom stereocenters. The van der Waals surface area contributed by atoms with Crippen LogP contribution < -0.4 is 16.8 Å². The lowest BCUT2D eigenvalue weighted by Gasteiger charge is -2.18. The molecule has 2 heterocycles. The van der Waals surface area contributed by atoms with E-state index in [1.807, 2.05) is 13.8 Å². The molecule has 0 spiro atoms. The number of amides is 4. The first kappa shape index (κ1) is 19.5. The lowest BCUT2D eigenvalue weighted by Crippen LogP contribution is -2.42. The number of imide groups is 1. The van der Waals surface area contributed by atoms with Crippen LogP contribution in [0, 0.1) is 5.92 Å². The van der Waals surface area contributed by atoms with E-state index in [2.05, 4.69) is 15.5 Å². The number of primary amides is 2. The minimum atomic E-state index is -0.923.